The molecule has 0 bridgehead atoms. The number of alkyl carbamates (subject to hydrolysis) is 1. The number of ether oxygens (including phenoxy) is 2. The number of carbonyl (C=O) groups excluding carboxylic acids is 4. The first-order chi connectivity index (χ1) is 27.0. The normalized spacial score (nSPS) is 15.7. The Labute approximate surface area is 321 Å². The van der Waals surface area contributed by atoms with Gasteiger partial charge in [-0.2, -0.15) is 0 Å². The molecule has 0 saturated carbocycles. The summed E-state index contributed by atoms with van der Waals surface area (Å²) in [5.41, 5.74) is -0.910. The van der Waals surface area contributed by atoms with Gasteiger partial charge >= 0.3 is 322 Å². The van der Waals surface area contributed by atoms with E-state index in [0.29, 0.717) is 15.9 Å². The van der Waals surface area contributed by atoms with E-state index >= 15 is 4.79 Å². The van der Waals surface area contributed by atoms with Gasteiger partial charge < -0.3 is 0 Å². The zero-order valence-corrected chi connectivity index (χ0v) is 31.0. The van der Waals surface area contributed by atoms with Crippen molar-refractivity contribution in [3.8, 4) is 0 Å². The fourth-order valence-corrected chi connectivity index (χ4v) is 13.2. The number of rotatable bonds is 15. The summed E-state index contributed by atoms with van der Waals surface area (Å²) in [7, 11) is 0. The molecule has 0 aromatic heterocycles. The molecule has 15 heteroatoms. The Morgan fingerprint density at radius 1 is 0.661 bits per heavy atom. The Kier molecular flexibility index (Phi) is 11.3. The minimum atomic E-state index is -4.78. The van der Waals surface area contributed by atoms with Gasteiger partial charge in [0, 0.05) is 0 Å². The second kappa shape index (κ2) is 16.3. The SMILES string of the molecule is CC(=O)CC1C(NC(=O)OCc2ccccc2[N+](=O)[O-])C(=O)N1CP(C(=O)OCc1ccccc1[N+](=O)[O-])(c1ccccc1)(c1ccccc1)c1ccccc1. The zero-order chi connectivity index (χ0) is 39.9. The summed E-state index contributed by atoms with van der Waals surface area (Å²) in [6.07, 6.45) is -1.53. The summed E-state index contributed by atoms with van der Waals surface area (Å²) in [6, 6.07) is 36.1. The maximum atomic E-state index is 15.6. The van der Waals surface area contributed by atoms with E-state index in [1.165, 1.54) is 48.2 Å². The maximum absolute atomic E-state index is 15.6. The van der Waals surface area contributed by atoms with Crippen LogP contribution in [0, 0.1) is 20.2 Å². The third kappa shape index (κ3) is 7.09. The predicted octanol–water partition coefficient (Wildman–Crippen LogP) is 6.11. The first-order valence-electron chi connectivity index (χ1n) is 17.5. The Balaban J connectivity index is 1.45. The van der Waals surface area contributed by atoms with Crippen LogP contribution in [-0.2, 0) is 32.3 Å². The molecule has 14 nitrogen and oxygen atoms in total. The second-order valence-corrected chi connectivity index (χ2v) is 18.1. The summed E-state index contributed by atoms with van der Waals surface area (Å²) in [5, 5.41) is 27.5. The number of ketones is 1. The molecular formula is C41H37N4O10P. The van der Waals surface area contributed by atoms with Crippen LogP contribution in [0.2, 0.25) is 0 Å². The molecule has 1 fully saturated rings. The average Bonchev–Trinajstić information content (AvgIpc) is 3.22. The van der Waals surface area contributed by atoms with E-state index < -0.39 is 59.5 Å². The van der Waals surface area contributed by atoms with Crippen molar-refractivity contribution in [1.82, 2.24) is 10.2 Å². The number of benzene rings is 5. The van der Waals surface area contributed by atoms with Crippen molar-refractivity contribution in [1.29, 1.82) is 0 Å². The molecule has 0 aliphatic carbocycles. The fourth-order valence-electron chi connectivity index (χ4n) is 7.32. The van der Waals surface area contributed by atoms with Gasteiger partial charge in [0.2, 0.25) is 0 Å². The molecule has 2 amide bonds. The van der Waals surface area contributed by atoms with Gasteiger partial charge in [0.05, 0.1) is 0 Å². The quantitative estimate of drug-likeness (QED) is 0.0562. The summed E-state index contributed by atoms with van der Waals surface area (Å²) >= 11 is 0. The van der Waals surface area contributed by atoms with E-state index in [2.05, 4.69) is 5.32 Å². The minimum absolute atomic E-state index is 0.139. The van der Waals surface area contributed by atoms with Crippen LogP contribution in [-0.4, -0.2) is 56.6 Å². The Morgan fingerprint density at radius 3 is 1.50 bits per heavy atom. The Bertz CT molecular complexity index is 2190. The van der Waals surface area contributed by atoms with E-state index in [1.54, 1.807) is 103 Å². The number of Topliss-reactive ketones (excluding diaryl/α,β-unsaturated/α-hetero) is 1. The first kappa shape index (κ1) is 38.9. The number of nitrogens with zero attached hydrogens (tertiary/aromatic N) is 3. The van der Waals surface area contributed by atoms with Gasteiger partial charge in [-0.05, 0) is 0 Å². The Hall–Kier alpha value is -6.79. The number of hydrogen-bond donors (Lipinski definition) is 1. The molecule has 5 aromatic carbocycles. The van der Waals surface area contributed by atoms with Crippen LogP contribution < -0.4 is 21.2 Å². The van der Waals surface area contributed by atoms with E-state index in [9.17, 15) is 34.6 Å². The van der Waals surface area contributed by atoms with Gasteiger partial charge in [0.15, 0.2) is 0 Å². The van der Waals surface area contributed by atoms with Crippen molar-refractivity contribution >= 4 is 57.4 Å². The van der Waals surface area contributed by atoms with Crippen LogP contribution >= 0.6 is 6.60 Å². The average molecular weight is 777 g/mol. The number of nitro groups is 2. The molecule has 1 saturated heterocycles. The van der Waals surface area contributed by atoms with Gasteiger partial charge in [-0.15, -0.1) is 0 Å². The summed E-state index contributed by atoms with van der Waals surface area (Å²) < 4.78 is 11.5. The number of nitro benzene ring substituents is 2. The predicted molar refractivity (Wildman–Crippen MR) is 209 cm³/mol. The number of amides is 2. The van der Waals surface area contributed by atoms with Gasteiger partial charge in [0.1, 0.15) is 0 Å². The monoisotopic (exact) mass is 776 g/mol. The van der Waals surface area contributed by atoms with Crippen LogP contribution in [0.3, 0.4) is 0 Å². The van der Waals surface area contributed by atoms with Crippen molar-refractivity contribution < 1.29 is 38.5 Å². The number of β-lactam (4-membered cyclic amide) rings is 1. The molecule has 1 aliphatic heterocycles. The van der Waals surface area contributed by atoms with Gasteiger partial charge in [-0.1, -0.05) is 0 Å². The molecule has 1 N–H and O–H groups in total. The standard InChI is InChI=1S/C41H37N4O10P/c1-29(46)25-37-38(42-40(48)54-26-30-15-11-13-23-35(30)44(50)51)39(47)43(37)28-56(32-17-5-2-6-18-32,33-19-7-3-8-20-33,34-21-9-4-10-22-34)41(49)55-27-31-16-12-14-24-36(31)45(52)53/h2-24,37-38H,25-28H2,1H3,(H,42,48). The molecule has 1 aliphatic rings. The molecule has 2 atom stereocenters. The summed E-state index contributed by atoms with van der Waals surface area (Å²) in [5.74, 6) is -0.909. The third-order valence-corrected chi connectivity index (χ3v) is 16.1. The molecular weight excluding hydrogens is 739 g/mol. The van der Waals surface area contributed by atoms with Crippen molar-refractivity contribution in [2.24, 2.45) is 0 Å². The van der Waals surface area contributed by atoms with E-state index in [4.69, 9.17) is 9.47 Å². The molecule has 5 aromatic rings. The molecule has 286 valence electrons. The van der Waals surface area contributed by atoms with E-state index in [1.807, 2.05) is 0 Å². The van der Waals surface area contributed by atoms with Crippen molar-refractivity contribution in [2.75, 3.05) is 6.29 Å². The first-order valence-corrected chi connectivity index (χ1v) is 19.9. The number of para-hydroxylation sites is 2. The molecule has 0 spiro atoms. The van der Waals surface area contributed by atoms with Crippen LogP contribution in [0.25, 0.3) is 0 Å². The topological polar surface area (TPSA) is 188 Å². The number of hydrogen-bond acceptors (Lipinski definition) is 10. The molecule has 0 radical (unpaired) electrons. The molecule has 56 heavy (non-hydrogen) atoms. The number of likely N-dealkylation sites (tertiary alicyclic amines) is 1. The third-order valence-electron chi connectivity index (χ3n) is 10.0. The van der Waals surface area contributed by atoms with Crippen LogP contribution in [0.5, 0.6) is 0 Å². The zero-order valence-electron chi connectivity index (χ0n) is 30.1. The van der Waals surface area contributed by atoms with E-state index in [0.717, 1.165) is 0 Å². The molecule has 1 heterocycles. The van der Waals surface area contributed by atoms with E-state index in [-0.39, 0.29) is 41.0 Å². The molecule has 6 rings (SSSR count). The fraction of sp³-hybridized carbons (Fsp3) is 0.171. The van der Waals surface area contributed by atoms with Crippen molar-refractivity contribution in [3.63, 3.8) is 0 Å². The molecule has 2 unspecified atom stereocenters. The van der Waals surface area contributed by atoms with Crippen LogP contribution in [0.15, 0.2) is 140 Å². The van der Waals surface area contributed by atoms with Gasteiger partial charge in [-0.25, -0.2) is 0 Å². The van der Waals surface area contributed by atoms with Crippen LogP contribution in [0.4, 0.5) is 21.0 Å². The second-order valence-electron chi connectivity index (χ2n) is 13.3. The van der Waals surface area contributed by atoms with Crippen molar-refractivity contribution in [2.45, 2.75) is 38.6 Å². The summed E-state index contributed by atoms with van der Waals surface area (Å²) in [4.78, 5) is 79.6. The van der Waals surface area contributed by atoms with Crippen LogP contribution in [0.1, 0.15) is 24.5 Å². The van der Waals surface area contributed by atoms with Crippen molar-refractivity contribution in [3.05, 3.63) is 171 Å². The summed E-state index contributed by atoms with van der Waals surface area (Å²) in [6.45, 7) is -4.35. The Morgan fingerprint density at radius 2 is 1.07 bits per heavy atom. The number of nitrogens with one attached hydrogen (secondary N) is 1. The van der Waals surface area contributed by atoms with Gasteiger partial charge in [0.25, 0.3) is 0 Å². The van der Waals surface area contributed by atoms with Gasteiger partial charge in [-0.3, -0.25) is 0 Å². The number of carbonyl (C=O) groups is 4.